The predicted molar refractivity (Wildman–Crippen MR) is 173 cm³/mol. The number of aromatic nitrogens is 2. The molecule has 1 saturated heterocycles. The van der Waals surface area contributed by atoms with Gasteiger partial charge in [0.2, 0.25) is 5.91 Å². The van der Waals surface area contributed by atoms with Crippen molar-refractivity contribution in [2.45, 2.75) is 102 Å². The maximum absolute atomic E-state index is 15.4. The summed E-state index contributed by atoms with van der Waals surface area (Å²) in [5, 5.41) is 13.7. The second-order valence-electron chi connectivity index (χ2n) is 10.8. The predicted octanol–water partition coefficient (Wildman–Crippen LogP) is 5.43. The number of alkyl halides is 1. The van der Waals surface area contributed by atoms with E-state index < -0.39 is 61.1 Å². The Morgan fingerprint density at radius 1 is 1.27 bits per heavy atom. The Labute approximate surface area is 268 Å². The van der Waals surface area contributed by atoms with Crippen molar-refractivity contribution in [1.29, 1.82) is 0 Å². The van der Waals surface area contributed by atoms with Gasteiger partial charge in [-0.05, 0) is 58.8 Å². The van der Waals surface area contributed by atoms with E-state index >= 15 is 4.39 Å². The molecular weight excluding hydrogens is 626 g/mol. The van der Waals surface area contributed by atoms with Crippen LogP contribution in [0.15, 0.2) is 53.7 Å². The summed E-state index contributed by atoms with van der Waals surface area (Å²) in [5.74, 6) is -1.03. The molecule has 0 saturated carbocycles. The van der Waals surface area contributed by atoms with Crippen LogP contribution >= 0.6 is 19.5 Å². The Hall–Kier alpha value is -2.77. The highest BCUT2D eigenvalue weighted by Crippen LogP contribution is 2.50. The highest BCUT2D eigenvalue weighted by molar-refractivity contribution is 8.00. The minimum atomic E-state index is -4.32. The van der Waals surface area contributed by atoms with Crippen LogP contribution in [0.25, 0.3) is 0 Å². The summed E-state index contributed by atoms with van der Waals surface area (Å²) in [5.41, 5.74) is -0.817. The highest BCUT2D eigenvalue weighted by atomic mass is 32.2. The molecule has 1 amide bonds. The number of aliphatic hydroxyl groups is 1. The lowest BCUT2D eigenvalue weighted by atomic mass is 9.97. The molecule has 0 aromatic carbocycles. The summed E-state index contributed by atoms with van der Waals surface area (Å²) in [6.07, 6.45) is 6.53. The van der Waals surface area contributed by atoms with E-state index in [1.54, 1.807) is 32.9 Å². The van der Waals surface area contributed by atoms with E-state index in [2.05, 4.69) is 22.0 Å². The lowest BCUT2D eigenvalue weighted by Gasteiger charge is -2.25. The lowest BCUT2D eigenvalue weighted by Crippen LogP contribution is -2.37. The number of rotatable bonds is 18. The van der Waals surface area contributed by atoms with Crippen molar-refractivity contribution < 1.29 is 37.4 Å². The fraction of sp³-hybridized carbons (Fsp3) is 0.600. The minimum absolute atomic E-state index is 0.0514. The van der Waals surface area contributed by atoms with E-state index in [0.29, 0.717) is 12.8 Å². The van der Waals surface area contributed by atoms with Crippen LogP contribution in [-0.4, -0.2) is 62.8 Å². The topological polar surface area (TPSA) is 158 Å². The zero-order valence-electron chi connectivity index (χ0n) is 26.7. The zero-order chi connectivity index (χ0) is 33.7. The molecule has 12 nitrogen and oxygen atoms in total. The van der Waals surface area contributed by atoms with Crippen LogP contribution in [0, 0.1) is 5.92 Å². The Morgan fingerprint density at radius 3 is 2.49 bits per heavy atom. The Kier molecular flexibility index (Phi) is 15.7. The number of nitrogens with zero attached hydrogens (tertiary/aromatic N) is 2. The molecule has 6 atom stereocenters. The van der Waals surface area contributed by atoms with Crippen molar-refractivity contribution in [2.24, 2.45) is 5.92 Å². The van der Waals surface area contributed by atoms with Crippen LogP contribution in [-0.2, 0) is 27.9 Å². The molecule has 1 fully saturated rings. The number of carbonyl (C=O) groups excluding carboxylic acids is 2. The quantitative estimate of drug-likeness (QED) is 0.0791. The molecule has 45 heavy (non-hydrogen) atoms. The van der Waals surface area contributed by atoms with Crippen LogP contribution in [0.4, 0.5) is 10.2 Å². The maximum Gasteiger partial charge on any atom is 0.459 e. The molecule has 0 radical (unpaired) electrons. The third kappa shape index (κ3) is 11.5. The molecule has 0 spiro atoms. The first kappa shape index (κ1) is 38.4. The fourth-order valence-corrected chi connectivity index (χ4v) is 7.47. The number of amides is 1. The summed E-state index contributed by atoms with van der Waals surface area (Å²) in [4.78, 5) is 41.9. The number of hydrogen-bond donors (Lipinski definition) is 3. The Morgan fingerprint density at radius 2 is 1.93 bits per heavy atom. The van der Waals surface area contributed by atoms with Crippen LogP contribution < -0.4 is 16.1 Å². The number of carbonyl (C=O) groups is 2. The fourth-order valence-electron chi connectivity index (χ4n) is 4.42. The average Bonchev–Trinajstić information content (AvgIpc) is 3.26. The first-order valence-corrected chi connectivity index (χ1v) is 17.5. The number of hydrogen-bond acceptors (Lipinski definition) is 10. The molecule has 1 aliphatic heterocycles. The summed E-state index contributed by atoms with van der Waals surface area (Å²) in [7, 11) is -4.32. The van der Waals surface area contributed by atoms with Gasteiger partial charge in [0.1, 0.15) is 29.1 Å². The number of allylic oxidation sites excluding steroid dienone is 4. The standard InChI is InChI=1S/C30H46FN4O8PS/c1-8-12-15-22(11-4)43-44(40,34-20(7)29(38)42-19(5)6)41-18-23-26(36)25(31)28(45-23)35-17-16-24(33-30(35)39)32-27(37)21(13-9-2)14-10-3/h8,11-12,15-17,19-21,23,25-26,28,36H,4,9-10,13-14,18H2,1-3,5-7H3,(H,34,40)(H,32,33,37,39)/b12-8-,22-15+/t20-,23+,25-,26+,28+,44-/m0/s1. The van der Waals surface area contributed by atoms with E-state index in [9.17, 15) is 24.1 Å². The second kappa shape index (κ2) is 18.4. The van der Waals surface area contributed by atoms with Crippen LogP contribution in [0.2, 0.25) is 0 Å². The van der Waals surface area contributed by atoms with E-state index in [0.717, 1.165) is 29.2 Å². The van der Waals surface area contributed by atoms with E-state index in [1.807, 2.05) is 13.8 Å². The minimum Gasteiger partial charge on any atom is -0.462 e. The Balaban J connectivity index is 2.21. The average molecular weight is 673 g/mol. The van der Waals surface area contributed by atoms with Crippen molar-refractivity contribution in [3.05, 3.63) is 59.4 Å². The number of anilines is 1. The summed E-state index contributed by atoms with van der Waals surface area (Å²) < 4.78 is 46.5. The molecule has 3 N–H and O–H groups in total. The summed E-state index contributed by atoms with van der Waals surface area (Å²) in [6.45, 7) is 13.6. The van der Waals surface area contributed by atoms with Gasteiger partial charge in [-0.3, -0.25) is 18.7 Å². The van der Waals surface area contributed by atoms with Crippen LogP contribution in [0.3, 0.4) is 0 Å². The molecule has 2 rings (SSSR count). The first-order valence-electron chi connectivity index (χ1n) is 15.0. The van der Waals surface area contributed by atoms with Gasteiger partial charge in [0.05, 0.1) is 18.0 Å². The lowest BCUT2D eigenvalue weighted by molar-refractivity contribution is -0.149. The monoisotopic (exact) mass is 672 g/mol. The van der Waals surface area contributed by atoms with Gasteiger partial charge in [0, 0.05) is 12.1 Å². The van der Waals surface area contributed by atoms with Crippen molar-refractivity contribution in [1.82, 2.24) is 14.6 Å². The van der Waals surface area contributed by atoms with Gasteiger partial charge in [-0.25, -0.2) is 13.8 Å². The van der Waals surface area contributed by atoms with Gasteiger partial charge >= 0.3 is 19.4 Å². The summed E-state index contributed by atoms with van der Waals surface area (Å²) in [6, 6.07) is 0.284. The van der Waals surface area contributed by atoms with E-state index in [-0.39, 0.29) is 23.4 Å². The highest BCUT2D eigenvalue weighted by Gasteiger charge is 2.46. The number of esters is 1. The largest absolute Gasteiger partial charge is 0.462 e. The van der Waals surface area contributed by atoms with Gasteiger partial charge in [-0.15, -0.1) is 11.8 Å². The van der Waals surface area contributed by atoms with Gasteiger partial charge in [0.25, 0.3) is 0 Å². The maximum atomic E-state index is 15.4. The number of thioether (sulfide) groups is 1. The summed E-state index contributed by atoms with van der Waals surface area (Å²) >= 11 is 0.888. The zero-order valence-corrected chi connectivity index (χ0v) is 28.4. The normalized spacial score (nSPS) is 22.4. The van der Waals surface area contributed by atoms with Gasteiger partial charge in [-0.1, -0.05) is 45.4 Å². The SMILES string of the molecule is C=C/C(=C\C=C/C)O[P@](=O)(N[C@@H](C)C(=O)OC(C)C)OC[C@H]1S[C@@H](n2ccc(NC(=O)C(CCC)CCC)nc2=O)[C@@H](F)[C@@H]1O. The van der Waals surface area contributed by atoms with E-state index in [4.69, 9.17) is 13.8 Å². The first-order chi connectivity index (χ1) is 21.3. The molecule has 1 aromatic heterocycles. The molecule has 252 valence electrons. The molecule has 1 aromatic rings. The number of aliphatic hydroxyl groups excluding tert-OH is 1. The third-order valence-electron chi connectivity index (χ3n) is 6.64. The molecule has 2 heterocycles. The molecule has 0 unspecified atom stereocenters. The smallest absolute Gasteiger partial charge is 0.459 e. The van der Waals surface area contributed by atoms with Gasteiger partial charge < -0.3 is 19.7 Å². The van der Waals surface area contributed by atoms with Crippen LogP contribution in [0.1, 0.15) is 72.6 Å². The Bertz CT molecular complexity index is 1320. The molecule has 0 aliphatic carbocycles. The van der Waals surface area contributed by atoms with Crippen molar-refractivity contribution >= 4 is 37.2 Å². The third-order valence-corrected chi connectivity index (χ3v) is 9.81. The van der Waals surface area contributed by atoms with Crippen molar-refractivity contribution in [3.8, 4) is 0 Å². The van der Waals surface area contributed by atoms with Crippen LogP contribution in [0.5, 0.6) is 0 Å². The second-order valence-corrected chi connectivity index (χ2v) is 13.8. The number of ether oxygens (including phenoxy) is 1. The van der Waals surface area contributed by atoms with Gasteiger partial charge in [0.15, 0.2) is 6.17 Å². The molecular formula is C30H46FN4O8PS. The molecule has 0 bridgehead atoms. The number of nitrogens with one attached hydrogen (secondary N) is 2. The van der Waals surface area contributed by atoms with E-state index in [1.165, 1.54) is 31.3 Å². The molecule has 1 aliphatic rings. The van der Waals surface area contributed by atoms with Gasteiger partial charge in [-0.2, -0.15) is 10.1 Å². The number of halogens is 1. The van der Waals surface area contributed by atoms with Crippen molar-refractivity contribution in [2.75, 3.05) is 11.9 Å². The molecule has 15 heteroatoms. The van der Waals surface area contributed by atoms with Crippen molar-refractivity contribution in [3.63, 3.8) is 0 Å².